The second kappa shape index (κ2) is 7.70. The van der Waals surface area contributed by atoms with Gasteiger partial charge in [-0.25, -0.2) is 9.67 Å². The van der Waals surface area contributed by atoms with Gasteiger partial charge in [-0.2, -0.15) is 5.10 Å². The van der Waals surface area contributed by atoms with Crippen LogP contribution in [0.5, 0.6) is 0 Å². The average molecular weight is 447 g/mol. The summed E-state index contributed by atoms with van der Waals surface area (Å²) >= 11 is 9.31. The van der Waals surface area contributed by atoms with Crippen LogP contribution in [0.25, 0.3) is 5.69 Å². The summed E-state index contributed by atoms with van der Waals surface area (Å²) < 4.78 is 2.72. The summed E-state index contributed by atoms with van der Waals surface area (Å²) in [5, 5.41) is 4.94. The Morgan fingerprint density at radius 1 is 1.00 bits per heavy atom. The number of halogens is 2. The molecule has 8 heteroatoms. The van der Waals surface area contributed by atoms with Crippen molar-refractivity contribution in [1.82, 2.24) is 19.7 Å². The van der Waals surface area contributed by atoms with Crippen LogP contribution in [0, 0.1) is 0 Å². The molecule has 1 amide bonds. The highest BCUT2D eigenvalue weighted by Gasteiger charge is 2.23. The summed E-state index contributed by atoms with van der Waals surface area (Å²) in [7, 11) is 0. The number of piperazine rings is 1. The Hall–Kier alpha value is -2.38. The minimum Gasteiger partial charge on any atom is -0.353 e. The van der Waals surface area contributed by atoms with E-state index in [9.17, 15) is 4.79 Å². The van der Waals surface area contributed by atoms with Gasteiger partial charge in [0.15, 0.2) is 0 Å². The maximum Gasteiger partial charge on any atom is 0.257 e. The van der Waals surface area contributed by atoms with E-state index in [4.69, 9.17) is 11.6 Å². The number of rotatable bonds is 3. The third-order valence-electron chi connectivity index (χ3n) is 4.52. The first-order valence-electron chi connectivity index (χ1n) is 8.56. The molecule has 4 rings (SSSR count). The molecule has 1 fully saturated rings. The lowest BCUT2D eigenvalue weighted by Gasteiger charge is -2.35. The van der Waals surface area contributed by atoms with E-state index in [0.29, 0.717) is 23.7 Å². The summed E-state index contributed by atoms with van der Waals surface area (Å²) in [6.07, 6.45) is 5.04. The zero-order valence-electron chi connectivity index (χ0n) is 14.4. The standard InChI is InChI=1S/C19H17BrClN5O/c20-15-1-4-17(5-2-15)26-13-14(11-23-26)19(27)25-9-7-24(8-10-25)18-6-3-16(21)12-22-18/h1-6,11-13H,7-10H2. The van der Waals surface area contributed by atoms with E-state index < -0.39 is 0 Å². The molecule has 0 saturated carbocycles. The Labute approximate surface area is 170 Å². The molecule has 0 N–H and O–H groups in total. The van der Waals surface area contributed by atoms with Gasteiger partial charge in [0.1, 0.15) is 5.82 Å². The Kier molecular flexibility index (Phi) is 5.13. The third kappa shape index (κ3) is 3.99. The van der Waals surface area contributed by atoms with E-state index in [1.165, 1.54) is 0 Å². The van der Waals surface area contributed by atoms with Gasteiger partial charge < -0.3 is 9.80 Å². The van der Waals surface area contributed by atoms with Gasteiger partial charge in [0.05, 0.1) is 22.5 Å². The molecule has 0 spiro atoms. The average Bonchev–Trinajstić information content (AvgIpc) is 3.19. The minimum absolute atomic E-state index is 0.00192. The molecule has 0 aliphatic carbocycles. The van der Waals surface area contributed by atoms with Crippen LogP contribution < -0.4 is 4.90 Å². The van der Waals surface area contributed by atoms with Crippen molar-refractivity contribution in [2.75, 3.05) is 31.1 Å². The highest BCUT2D eigenvalue weighted by molar-refractivity contribution is 9.10. The maximum atomic E-state index is 12.8. The van der Waals surface area contributed by atoms with Gasteiger partial charge in [-0.1, -0.05) is 27.5 Å². The fourth-order valence-corrected chi connectivity index (χ4v) is 3.42. The molecule has 0 radical (unpaired) electrons. The lowest BCUT2D eigenvalue weighted by atomic mass is 10.2. The molecule has 1 aromatic carbocycles. The van der Waals surface area contributed by atoms with Crippen LogP contribution >= 0.6 is 27.5 Å². The summed E-state index contributed by atoms with van der Waals surface area (Å²) in [5.41, 5.74) is 1.51. The first kappa shape index (κ1) is 18.0. The summed E-state index contributed by atoms with van der Waals surface area (Å²) in [5.74, 6) is 0.886. The maximum absolute atomic E-state index is 12.8. The molecule has 27 heavy (non-hydrogen) atoms. The van der Waals surface area contributed by atoms with Crippen LogP contribution in [0.4, 0.5) is 5.82 Å². The number of anilines is 1. The smallest absolute Gasteiger partial charge is 0.257 e. The number of hydrogen-bond acceptors (Lipinski definition) is 4. The van der Waals surface area contributed by atoms with Crippen LogP contribution in [-0.2, 0) is 0 Å². The van der Waals surface area contributed by atoms with Crippen LogP contribution in [0.3, 0.4) is 0 Å². The highest BCUT2D eigenvalue weighted by atomic mass is 79.9. The van der Waals surface area contributed by atoms with Gasteiger partial charge in [-0.15, -0.1) is 0 Å². The number of carbonyl (C=O) groups excluding carboxylic acids is 1. The van der Waals surface area contributed by atoms with Crippen molar-refractivity contribution in [2.24, 2.45) is 0 Å². The molecular formula is C19H17BrClN5O. The van der Waals surface area contributed by atoms with E-state index in [-0.39, 0.29) is 5.91 Å². The number of carbonyl (C=O) groups is 1. The summed E-state index contributed by atoms with van der Waals surface area (Å²) in [6, 6.07) is 11.5. The first-order valence-corrected chi connectivity index (χ1v) is 9.74. The van der Waals surface area contributed by atoms with Gasteiger partial charge in [0.2, 0.25) is 0 Å². The van der Waals surface area contributed by atoms with Crippen molar-refractivity contribution in [3.8, 4) is 5.69 Å². The Balaban J connectivity index is 1.41. The van der Waals surface area contributed by atoms with Gasteiger partial charge in [-0.3, -0.25) is 4.79 Å². The van der Waals surface area contributed by atoms with Crippen molar-refractivity contribution in [1.29, 1.82) is 0 Å². The molecule has 1 aliphatic heterocycles. The molecule has 2 aromatic heterocycles. The normalized spacial score (nSPS) is 14.4. The number of hydrogen-bond donors (Lipinski definition) is 0. The summed E-state index contributed by atoms with van der Waals surface area (Å²) in [6.45, 7) is 2.77. The topological polar surface area (TPSA) is 54.3 Å². The van der Waals surface area contributed by atoms with E-state index in [1.54, 1.807) is 23.3 Å². The Bertz CT molecular complexity index is 933. The molecule has 0 atom stereocenters. The molecule has 3 heterocycles. The Morgan fingerprint density at radius 3 is 2.41 bits per heavy atom. The second-order valence-electron chi connectivity index (χ2n) is 6.26. The quantitative estimate of drug-likeness (QED) is 0.616. The Morgan fingerprint density at radius 2 is 1.74 bits per heavy atom. The SMILES string of the molecule is O=C(c1cnn(-c2ccc(Br)cc2)c1)N1CCN(c2ccc(Cl)cn2)CC1. The van der Waals surface area contributed by atoms with Crippen LogP contribution in [0.1, 0.15) is 10.4 Å². The fourth-order valence-electron chi connectivity index (χ4n) is 3.04. The largest absolute Gasteiger partial charge is 0.353 e. The van der Waals surface area contributed by atoms with E-state index in [0.717, 1.165) is 29.1 Å². The number of aromatic nitrogens is 3. The number of pyridine rings is 1. The van der Waals surface area contributed by atoms with Gasteiger partial charge in [0, 0.05) is 43.0 Å². The van der Waals surface area contributed by atoms with E-state index >= 15 is 0 Å². The summed E-state index contributed by atoms with van der Waals surface area (Å²) in [4.78, 5) is 21.2. The second-order valence-corrected chi connectivity index (χ2v) is 7.62. The van der Waals surface area contributed by atoms with E-state index in [2.05, 4.69) is 30.9 Å². The van der Waals surface area contributed by atoms with Crippen molar-refractivity contribution in [2.45, 2.75) is 0 Å². The minimum atomic E-state index is 0.00192. The van der Waals surface area contributed by atoms with Crippen molar-refractivity contribution in [3.05, 3.63) is 70.0 Å². The first-order chi connectivity index (χ1) is 13.1. The molecular weight excluding hydrogens is 430 g/mol. The zero-order valence-corrected chi connectivity index (χ0v) is 16.8. The lowest BCUT2D eigenvalue weighted by molar-refractivity contribution is 0.0746. The number of benzene rings is 1. The molecule has 3 aromatic rings. The number of nitrogens with zero attached hydrogens (tertiary/aromatic N) is 5. The predicted octanol–water partition coefficient (Wildman–Crippen LogP) is 3.65. The van der Waals surface area contributed by atoms with Gasteiger partial charge in [-0.05, 0) is 36.4 Å². The number of amides is 1. The van der Waals surface area contributed by atoms with Crippen molar-refractivity contribution >= 4 is 39.3 Å². The lowest BCUT2D eigenvalue weighted by Crippen LogP contribution is -2.49. The molecule has 0 bridgehead atoms. The third-order valence-corrected chi connectivity index (χ3v) is 5.28. The predicted molar refractivity (Wildman–Crippen MR) is 109 cm³/mol. The molecule has 138 valence electrons. The van der Waals surface area contributed by atoms with Crippen LogP contribution in [-0.4, -0.2) is 51.8 Å². The molecule has 1 aliphatic rings. The molecule has 0 unspecified atom stereocenters. The zero-order chi connectivity index (χ0) is 18.8. The monoisotopic (exact) mass is 445 g/mol. The fraction of sp³-hybridized carbons (Fsp3) is 0.211. The molecule has 6 nitrogen and oxygen atoms in total. The highest BCUT2D eigenvalue weighted by Crippen LogP contribution is 2.18. The van der Waals surface area contributed by atoms with Crippen LogP contribution in [0.2, 0.25) is 5.02 Å². The van der Waals surface area contributed by atoms with Crippen LogP contribution in [0.15, 0.2) is 59.5 Å². The van der Waals surface area contributed by atoms with Gasteiger partial charge in [0.25, 0.3) is 5.91 Å². The van der Waals surface area contributed by atoms with E-state index in [1.807, 2.05) is 41.3 Å². The molecule has 1 saturated heterocycles. The van der Waals surface area contributed by atoms with Crippen molar-refractivity contribution < 1.29 is 4.79 Å². The van der Waals surface area contributed by atoms with Gasteiger partial charge >= 0.3 is 0 Å². The van der Waals surface area contributed by atoms with Crippen molar-refractivity contribution in [3.63, 3.8) is 0 Å².